The van der Waals surface area contributed by atoms with E-state index in [4.69, 9.17) is 11.6 Å². The van der Waals surface area contributed by atoms with Crippen molar-refractivity contribution < 1.29 is 21.2 Å². The number of rotatable bonds is 6. The molecule has 3 rings (SSSR count). The van der Waals surface area contributed by atoms with Crippen LogP contribution in [0.4, 0.5) is 15.8 Å². The highest BCUT2D eigenvalue weighted by atomic mass is 35.5. The van der Waals surface area contributed by atoms with Crippen molar-refractivity contribution in [2.24, 2.45) is 0 Å². The maximum Gasteiger partial charge on any atom is 0.261 e. The predicted octanol–water partition coefficient (Wildman–Crippen LogP) is 4.08. The molecule has 0 spiro atoms. The summed E-state index contributed by atoms with van der Waals surface area (Å²) in [6, 6.07) is 15.6. The third-order valence-electron chi connectivity index (χ3n) is 3.64. The standard InChI is InChI=1S/C18H14ClFN2O4S2/c19-13-1-5-15(6-2-13)21-28(25,26)18-11-7-16(8-12-18)22-27(23,24)17-9-3-14(20)4-10-17/h1-12,21-22H. The van der Waals surface area contributed by atoms with Gasteiger partial charge >= 0.3 is 0 Å². The second kappa shape index (κ2) is 7.78. The summed E-state index contributed by atoms with van der Waals surface area (Å²) in [4.78, 5) is -0.165. The number of hydrogen-bond acceptors (Lipinski definition) is 4. The molecule has 0 saturated heterocycles. The van der Waals surface area contributed by atoms with Crippen LogP contribution in [-0.4, -0.2) is 16.8 Å². The average molecular weight is 441 g/mol. The summed E-state index contributed by atoms with van der Waals surface area (Å²) in [6.45, 7) is 0. The van der Waals surface area contributed by atoms with Gasteiger partial charge in [0.15, 0.2) is 0 Å². The molecular weight excluding hydrogens is 427 g/mol. The van der Waals surface area contributed by atoms with Crippen LogP contribution in [0.3, 0.4) is 0 Å². The minimum absolute atomic E-state index is 0.0489. The van der Waals surface area contributed by atoms with E-state index in [2.05, 4.69) is 9.44 Å². The highest BCUT2D eigenvalue weighted by Gasteiger charge is 2.17. The first-order valence-corrected chi connectivity index (χ1v) is 11.2. The van der Waals surface area contributed by atoms with Crippen LogP contribution in [0.1, 0.15) is 0 Å². The van der Waals surface area contributed by atoms with E-state index >= 15 is 0 Å². The summed E-state index contributed by atoms with van der Waals surface area (Å²) >= 11 is 5.77. The van der Waals surface area contributed by atoms with Gasteiger partial charge in [-0.25, -0.2) is 21.2 Å². The molecule has 6 nitrogen and oxygen atoms in total. The lowest BCUT2D eigenvalue weighted by Gasteiger charge is -2.10. The van der Waals surface area contributed by atoms with Gasteiger partial charge in [-0.1, -0.05) is 11.6 Å². The van der Waals surface area contributed by atoms with Crippen molar-refractivity contribution in [2.75, 3.05) is 9.44 Å². The molecule has 0 aromatic heterocycles. The van der Waals surface area contributed by atoms with E-state index in [-0.39, 0.29) is 15.5 Å². The van der Waals surface area contributed by atoms with Crippen LogP contribution in [0.2, 0.25) is 5.02 Å². The quantitative estimate of drug-likeness (QED) is 0.604. The fraction of sp³-hybridized carbons (Fsp3) is 0. The van der Waals surface area contributed by atoms with Crippen molar-refractivity contribution >= 4 is 43.0 Å². The first-order valence-electron chi connectivity index (χ1n) is 7.83. The van der Waals surface area contributed by atoms with Gasteiger partial charge in [0.25, 0.3) is 20.0 Å². The van der Waals surface area contributed by atoms with E-state index in [0.717, 1.165) is 24.3 Å². The third-order valence-corrected chi connectivity index (χ3v) is 6.68. The van der Waals surface area contributed by atoms with Crippen molar-refractivity contribution in [1.82, 2.24) is 0 Å². The van der Waals surface area contributed by atoms with Gasteiger partial charge in [0.2, 0.25) is 0 Å². The smallest absolute Gasteiger partial charge is 0.261 e. The lowest BCUT2D eigenvalue weighted by molar-refractivity contribution is 0.599. The highest BCUT2D eigenvalue weighted by Crippen LogP contribution is 2.21. The summed E-state index contributed by atoms with van der Waals surface area (Å²) in [5.41, 5.74) is 0.500. The van der Waals surface area contributed by atoms with E-state index in [0.29, 0.717) is 10.7 Å². The molecule has 0 amide bonds. The van der Waals surface area contributed by atoms with Crippen LogP contribution in [0.15, 0.2) is 82.6 Å². The minimum atomic E-state index is -3.93. The molecule has 3 aromatic carbocycles. The van der Waals surface area contributed by atoms with Gasteiger partial charge in [0.05, 0.1) is 9.79 Å². The molecule has 0 bridgehead atoms. The molecule has 10 heteroatoms. The fourth-order valence-electron chi connectivity index (χ4n) is 2.26. The first-order chi connectivity index (χ1) is 13.2. The van der Waals surface area contributed by atoms with Crippen molar-refractivity contribution in [3.05, 3.63) is 83.6 Å². The number of anilines is 2. The Morgan fingerprint density at radius 2 is 0.964 bits per heavy atom. The molecular formula is C18H14ClFN2O4S2. The molecule has 0 aliphatic carbocycles. The Morgan fingerprint density at radius 3 is 1.39 bits per heavy atom. The van der Waals surface area contributed by atoms with E-state index in [9.17, 15) is 21.2 Å². The van der Waals surface area contributed by atoms with Crippen LogP contribution in [0, 0.1) is 5.82 Å². The van der Waals surface area contributed by atoms with Crippen LogP contribution >= 0.6 is 11.6 Å². The number of nitrogens with one attached hydrogen (secondary N) is 2. The molecule has 0 radical (unpaired) electrons. The second-order valence-corrected chi connectivity index (χ2v) is 9.50. The minimum Gasteiger partial charge on any atom is -0.280 e. The highest BCUT2D eigenvalue weighted by molar-refractivity contribution is 7.93. The van der Waals surface area contributed by atoms with E-state index in [1.807, 2.05) is 0 Å². The van der Waals surface area contributed by atoms with Gasteiger partial charge in [0, 0.05) is 16.4 Å². The van der Waals surface area contributed by atoms with Crippen molar-refractivity contribution in [3.63, 3.8) is 0 Å². The maximum absolute atomic E-state index is 12.9. The zero-order valence-electron chi connectivity index (χ0n) is 14.1. The molecule has 2 N–H and O–H groups in total. The number of hydrogen-bond donors (Lipinski definition) is 2. The van der Waals surface area contributed by atoms with E-state index < -0.39 is 25.9 Å². The SMILES string of the molecule is O=S(=O)(Nc1ccc(S(=O)(=O)Nc2ccc(Cl)cc2)cc1)c1ccc(F)cc1. The second-order valence-electron chi connectivity index (χ2n) is 5.70. The van der Waals surface area contributed by atoms with Crippen LogP contribution < -0.4 is 9.44 Å². The number of sulfonamides is 2. The Balaban J connectivity index is 1.77. The molecule has 0 unspecified atom stereocenters. The Bertz CT molecular complexity index is 1180. The zero-order valence-corrected chi connectivity index (χ0v) is 16.5. The van der Waals surface area contributed by atoms with Gasteiger partial charge < -0.3 is 0 Å². The summed E-state index contributed by atoms with van der Waals surface area (Å²) in [5.74, 6) is -0.554. The third kappa shape index (κ3) is 4.80. The lowest BCUT2D eigenvalue weighted by atomic mass is 10.3. The summed E-state index contributed by atoms with van der Waals surface area (Å²) in [7, 11) is -7.78. The summed E-state index contributed by atoms with van der Waals surface area (Å²) < 4.78 is 67.1. The predicted molar refractivity (Wildman–Crippen MR) is 106 cm³/mol. The lowest BCUT2D eigenvalue weighted by Crippen LogP contribution is -2.14. The molecule has 0 heterocycles. The molecule has 0 fully saturated rings. The number of halogens is 2. The van der Waals surface area contributed by atoms with Crippen molar-refractivity contribution in [1.29, 1.82) is 0 Å². The molecule has 0 atom stereocenters. The Labute approximate surface area is 167 Å². The molecule has 28 heavy (non-hydrogen) atoms. The van der Waals surface area contributed by atoms with Gasteiger partial charge in [-0.05, 0) is 72.8 Å². The Hall–Kier alpha value is -2.62. The van der Waals surface area contributed by atoms with E-state index in [1.165, 1.54) is 36.4 Å². The van der Waals surface area contributed by atoms with Gasteiger partial charge in [-0.3, -0.25) is 9.44 Å². The van der Waals surface area contributed by atoms with Crippen LogP contribution in [0.5, 0.6) is 0 Å². The van der Waals surface area contributed by atoms with Gasteiger partial charge in [-0.2, -0.15) is 0 Å². The molecule has 3 aromatic rings. The normalized spacial score (nSPS) is 11.8. The molecule has 0 aliphatic heterocycles. The van der Waals surface area contributed by atoms with Crippen LogP contribution in [-0.2, 0) is 20.0 Å². The average Bonchev–Trinajstić information content (AvgIpc) is 2.64. The first kappa shape index (κ1) is 20.1. The number of benzene rings is 3. The largest absolute Gasteiger partial charge is 0.280 e. The fourth-order valence-corrected chi connectivity index (χ4v) is 4.51. The van der Waals surface area contributed by atoms with Crippen LogP contribution in [0.25, 0.3) is 0 Å². The topological polar surface area (TPSA) is 92.3 Å². The van der Waals surface area contributed by atoms with Crippen molar-refractivity contribution in [3.8, 4) is 0 Å². The Kier molecular flexibility index (Phi) is 5.59. The Morgan fingerprint density at radius 1 is 0.607 bits per heavy atom. The summed E-state index contributed by atoms with van der Waals surface area (Å²) in [5, 5.41) is 0.473. The maximum atomic E-state index is 12.9. The molecule has 146 valence electrons. The van der Waals surface area contributed by atoms with E-state index in [1.54, 1.807) is 12.1 Å². The van der Waals surface area contributed by atoms with Gasteiger partial charge in [0.1, 0.15) is 5.82 Å². The summed E-state index contributed by atoms with van der Waals surface area (Å²) in [6.07, 6.45) is 0. The molecule has 0 aliphatic rings. The zero-order chi connectivity index (χ0) is 20.4. The van der Waals surface area contributed by atoms with Crippen molar-refractivity contribution in [2.45, 2.75) is 9.79 Å². The molecule has 0 saturated carbocycles. The monoisotopic (exact) mass is 440 g/mol. The van der Waals surface area contributed by atoms with Gasteiger partial charge in [-0.15, -0.1) is 0 Å².